The van der Waals surface area contributed by atoms with Gasteiger partial charge in [-0.15, -0.1) is 11.3 Å². The second kappa shape index (κ2) is 7.89. The van der Waals surface area contributed by atoms with Gasteiger partial charge < -0.3 is 4.90 Å². The van der Waals surface area contributed by atoms with E-state index < -0.39 is 4.92 Å². The van der Waals surface area contributed by atoms with Gasteiger partial charge in [-0.1, -0.05) is 18.2 Å². The second-order valence-corrected chi connectivity index (χ2v) is 7.80. The number of amides is 1. The number of carbonyl (C=O) groups is 1. The first kappa shape index (κ1) is 19.7. The number of nitrogens with zero attached hydrogens (tertiary/aromatic N) is 4. The number of fused-ring (bicyclic) bond motifs is 1. The quantitative estimate of drug-likeness (QED) is 0.468. The van der Waals surface area contributed by atoms with Crippen LogP contribution in [0.15, 0.2) is 35.4 Å². The maximum absolute atomic E-state index is 12.7. The third kappa shape index (κ3) is 3.79. The van der Waals surface area contributed by atoms with Crippen LogP contribution in [0.1, 0.15) is 22.4 Å². The highest BCUT2D eigenvalue weighted by atomic mass is 32.1. The Kier molecular flexibility index (Phi) is 5.55. The summed E-state index contributed by atoms with van der Waals surface area (Å²) in [6.07, 6.45) is 1.57. The van der Waals surface area contributed by atoms with Crippen LogP contribution < -0.4 is 5.56 Å². The lowest BCUT2D eigenvalue weighted by Gasteiger charge is -2.17. The van der Waals surface area contributed by atoms with Crippen LogP contribution in [0, 0.1) is 24.0 Å². The van der Waals surface area contributed by atoms with Crippen molar-refractivity contribution in [2.24, 2.45) is 0 Å². The molecule has 0 aliphatic heterocycles. The molecule has 2 aromatic heterocycles. The van der Waals surface area contributed by atoms with Gasteiger partial charge in [-0.3, -0.25) is 24.3 Å². The molecule has 8 nitrogen and oxygen atoms in total. The molecule has 3 rings (SSSR count). The van der Waals surface area contributed by atoms with Crippen molar-refractivity contribution in [1.29, 1.82) is 0 Å². The molecule has 0 N–H and O–H groups in total. The molecule has 0 aliphatic carbocycles. The predicted octanol–water partition coefficient (Wildman–Crippen LogP) is 3.03. The molecule has 0 saturated carbocycles. The number of nitro groups is 1. The Balaban J connectivity index is 1.71. The Bertz CT molecular complexity index is 1120. The molecule has 0 unspecified atom stereocenters. The maximum atomic E-state index is 12.7. The second-order valence-electron chi connectivity index (χ2n) is 6.59. The molecule has 0 saturated heterocycles. The average molecular weight is 400 g/mol. The Morgan fingerprint density at radius 1 is 1.32 bits per heavy atom. The van der Waals surface area contributed by atoms with Gasteiger partial charge in [-0.05, 0) is 19.4 Å². The summed E-state index contributed by atoms with van der Waals surface area (Å²) in [6.45, 7) is 4.18. The van der Waals surface area contributed by atoms with Gasteiger partial charge in [0.15, 0.2) is 0 Å². The highest BCUT2D eigenvalue weighted by Gasteiger charge is 2.18. The first-order chi connectivity index (χ1) is 13.3. The largest absolute Gasteiger partial charge is 0.341 e. The van der Waals surface area contributed by atoms with Gasteiger partial charge in [-0.25, -0.2) is 4.98 Å². The van der Waals surface area contributed by atoms with Crippen molar-refractivity contribution in [2.75, 3.05) is 7.05 Å². The molecule has 1 amide bonds. The number of aryl methyl sites for hydroxylation is 3. The van der Waals surface area contributed by atoms with Crippen molar-refractivity contribution >= 4 is 33.1 Å². The lowest BCUT2D eigenvalue weighted by atomic mass is 10.1. The fourth-order valence-electron chi connectivity index (χ4n) is 3.00. The number of hydrogen-bond donors (Lipinski definition) is 0. The zero-order chi connectivity index (χ0) is 20.4. The van der Waals surface area contributed by atoms with Crippen molar-refractivity contribution < 1.29 is 9.72 Å². The predicted molar refractivity (Wildman–Crippen MR) is 108 cm³/mol. The Labute approximate surface area is 165 Å². The maximum Gasteiger partial charge on any atom is 0.274 e. The smallest absolute Gasteiger partial charge is 0.274 e. The fraction of sp³-hybridized carbons (Fsp3) is 0.316. The number of thiophene rings is 1. The summed E-state index contributed by atoms with van der Waals surface area (Å²) >= 11 is 1.48. The van der Waals surface area contributed by atoms with E-state index in [0.29, 0.717) is 15.8 Å². The number of rotatable bonds is 6. The van der Waals surface area contributed by atoms with Gasteiger partial charge in [-0.2, -0.15) is 0 Å². The minimum absolute atomic E-state index is 0.0173. The summed E-state index contributed by atoms with van der Waals surface area (Å²) in [5, 5.41) is 11.7. The molecule has 9 heteroatoms. The summed E-state index contributed by atoms with van der Waals surface area (Å²) in [4.78, 5) is 43.3. The van der Waals surface area contributed by atoms with Crippen LogP contribution in [-0.4, -0.2) is 32.3 Å². The van der Waals surface area contributed by atoms with E-state index in [1.165, 1.54) is 33.2 Å². The van der Waals surface area contributed by atoms with E-state index in [4.69, 9.17) is 0 Å². The summed E-state index contributed by atoms with van der Waals surface area (Å²) in [5.41, 5.74) is 1.22. The molecule has 0 radical (unpaired) electrons. The van der Waals surface area contributed by atoms with Crippen molar-refractivity contribution in [3.63, 3.8) is 0 Å². The first-order valence-electron chi connectivity index (χ1n) is 8.71. The van der Waals surface area contributed by atoms with Gasteiger partial charge in [0.25, 0.3) is 11.2 Å². The number of para-hydroxylation sites is 1. The molecular formula is C19H20N4O4S. The van der Waals surface area contributed by atoms with Gasteiger partial charge in [0.2, 0.25) is 5.91 Å². The normalized spacial score (nSPS) is 11.0. The molecule has 0 aliphatic rings. The molecule has 146 valence electrons. The van der Waals surface area contributed by atoms with E-state index >= 15 is 0 Å². The third-order valence-electron chi connectivity index (χ3n) is 4.74. The zero-order valence-corrected chi connectivity index (χ0v) is 16.7. The molecule has 3 aromatic rings. The molecule has 0 fully saturated rings. The van der Waals surface area contributed by atoms with Crippen LogP contribution in [0.2, 0.25) is 0 Å². The Hall–Kier alpha value is -3.07. The van der Waals surface area contributed by atoms with Crippen molar-refractivity contribution in [2.45, 2.75) is 33.4 Å². The zero-order valence-electron chi connectivity index (χ0n) is 15.8. The summed E-state index contributed by atoms with van der Waals surface area (Å²) < 4.78 is 1.44. The van der Waals surface area contributed by atoms with E-state index in [1.54, 1.807) is 25.2 Å². The van der Waals surface area contributed by atoms with Crippen molar-refractivity contribution in [3.05, 3.63) is 67.1 Å². The van der Waals surface area contributed by atoms with E-state index in [1.807, 2.05) is 13.8 Å². The Morgan fingerprint density at radius 3 is 2.75 bits per heavy atom. The lowest BCUT2D eigenvalue weighted by Crippen LogP contribution is -2.29. The molecule has 2 heterocycles. The van der Waals surface area contributed by atoms with Crippen molar-refractivity contribution in [3.8, 4) is 0 Å². The molecular weight excluding hydrogens is 380 g/mol. The number of hydrogen-bond acceptors (Lipinski definition) is 6. The van der Waals surface area contributed by atoms with Crippen LogP contribution in [-0.2, 0) is 17.9 Å². The molecule has 1 aromatic carbocycles. The standard InChI is InChI=1S/C19H20N4O4S/c1-12-13(2)28-18-17(12)19(25)22(11-20-18)9-8-16(24)21(3)10-14-6-4-5-7-15(14)23(26)27/h4-7,11H,8-10H2,1-3H3. The molecule has 0 bridgehead atoms. The lowest BCUT2D eigenvalue weighted by molar-refractivity contribution is -0.385. The highest BCUT2D eigenvalue weighted by molar-refractivity contribution is 7.18. The number of nitro benzene ring substituents is 1. The highest BCUT2D eigenvalue weighted by Crippen LogP contribution is 2.25. The van der Waals surface area contributed by atoms with E-state index in [-0.39, 0.29) is 36.7 Å². The van der Waals surface area contributed by atoms with Gasteiger partial charge >= 0.3 is 0 Å². The van der Waals surface area contributed by atoms with E-state index in [2.05, 4.69) is 4.98 Å². The van der Waals surface area contributed by atoms with Crippen LogP contribution >= 0.6 is 11.3 Å². The summed E-state index contributed by atoms with van der Waals surface area (Å²) in [5.74, 6) is -0.205. The van der Waals surface area contributed by atoms with Crippen LogP contribution in [0.4, 0.5) is 5.69 Å². The summed E-state index contributed by atoms with van der Waals surface area (Å²) in [6, 6.07) is 6.34. The minimum Gasteiger partial charge on any atom is -0.341 e. The minimum atomic E-state index is -0.459. The topological polar surface area (TPSA) is 98.3 Å². The van der Waals surface area contributed by atoms with Crippen molar-refractivity contribution in [1.82, 2.24) is 14.5 Å². The van der Waals surface area contributed by atoms with E-state index in [9.17, 15) is 19.7 Å². The SMILES string of the molecule is Cc1sc2ncn(CCC(=O)N(C)Cc3ccccc3[N+](=O)[O-])c(=O)c2c1C. The molecule has 0 atom stereocenters. The number of benzene rings is 1. The monoisotopic (exact) mass is 400 g/mol. The fourth-order valence-corrected chi connectivity index (χ4v) is 3.99. The van der Waals surface area contributed by atoms with Crippen LogP contribution in [0.5, 0.6) is 0 Å². The van der Waals surface area contributed by atoms with E-state index in [0.717, 1.165) is 10.4 Å². The van der Waals surface area contributed by atoms with Gasteiger partial charge in [0.05, 0.1) is 23.2 Å². The van der Waals surface area contributed by atoms with Gasteiger partial charge in [0.1, 0.15) is 4.83 Å². The summed E-state index contributed by atoms with van der Waals surface area (Å²) in [7, 11) is 1.59. The van der Waals surface area contributed by atoms with Gasteiger partial charge in [0, 0.05) is 36.5 Å². The third-order valence-corrected chi connectivity index (χ3v) is 5.86. The van der Waals surface area contributed by atoms with Crippen LogP contribution in [0.25, 0.3) is 10.2 Å². The Morgan fingerprint density at radius 2 is 2.04 bits per heavy atom. The average Bonchev–Trinajstić information content (AvgIpc) is 2.95. The number of carbonyl (C=O) groups excluding carboxylic acids is 1. The van der Waals surface area contributed by atoms with Crippen LogP contribution in [0.3, 0.4) is 0 Å². The first-order valence-corrected chi connectivity index (χ1v) is 9.52. The molecule has 28 heavy (non-hydrogen) atoms. The molecule has 0 spiro atoms. The number of aromatic nitrogens is 2.